The van der Waals surface area contributed by atoms with Gasteiger partial charge in [0.2, 0.25) is 5.91 Å². The molecule has 2 rings (SSSR count). The second kappa shape index (κ2) is 9.56. The van der Waals surface area contributed by atoms with Gasteiger partial charge in [0.1, 0.15) is 0 Å². The Bertz CT molecular complexity index is 464. The minimum Gasteiger partial charge on any atom is -0.372 e. The van der Waals surface area contributed by atoms with Crippen molar-refractivity contribution < 1.29 is 4.79 Å². The van der Waals surface area contributed by atoms with Crippen LogP contribution in [0.15, 0.2) is 24.3 Å². The smallest absolute Gasteiger partial charge is 0.225 e. The van der Waals surface area contributed by atoms with Crippen molar-refractivity contribution in [1.82, 2.24) is 5.32 Å². The number of piperidine rings is 1. The molecule has 0 spiro atoms. The molecule has 1 amide bonds. The second-order valence-electron chi connectivity index (χ2n) is 6.83. The van der Waals surface area contributed by atoms with Crippen LogP contribution in [0.3, 0.4) is 0 Å². The van der Waals surface area contributed by atoms with E-state index in [9.17, 15) is 4.79 Å². The van der Waals surface area contributed by atoms with Gasteiger partial charge in [-0.3, -0.25) is 4.79 Å². The number of hydrogen-bond donors (Lipinski definition) is 2. The van der Waals surface area contributed by atoms with Crippen molar-refractivity contribution in [2.45, 2.75) is 46.0 Å². The Labute approximate surface area is 140 Å². The SMILES string of the molecule is CC(C)CCNCCC(=O)Nc1ccc(N2CCCCC2)cc1. The van der Waals surface area contributed by atoms with E-state index in [1.165, 1.54) is 24.9 Å². The van der Waals surface area contributed by atoms with Crippen molar-refractivity contribution in [1.29, 1.82) is 0 Å². The van der Waals surface area contributed by atoms with Crippen LogP contribution in [0.2, 0.25) is 0 Å². The Balaban J connectivity index is 1.69. The van der Waals surface area contributed by atoms with Gasteiger partial charge in [-0.05, 0) is 62.4 Å². The van der Waals surface area contributed by atoms with E-state index in [2.05, 4.69) is 41.5 Å². The van der Waals surface area contributed by atoms with E-state index in [4.69, 9.17) is 0 Å². The normalized spacial score (nSPS) is 15.0. The summed E-state index contributed by atoms with van der Waals surface area (Å²) in [6, 6.07) is 8.24. The lowest BCUT2D eigenvalue weighted by molar-refractivity contribution is -0.116. The number of amides is 1. The van der Waals surface area contributed by atoms with Crippen LogP contribution in [0, 0.1) is 5.92 Å². The summed E-state index contributed by atoms with van der Waals surface area (Å²) < 4.78 is 0. The van der Waals surface area contributed by atoms with Gasteiger partial charge in [0.05, 0.1) is 0 Å². The summed E-state index contributed by atoms with van der Waals surface area (Å²) in [4.78, 5) is 14.4. The first kappa shape index (κ1) is 17.8. The van der Waals surface area contributed by atoms with Crippen LogP contribution in [0.5, 0.6) is 0 Å². The molecule has 0 aromatic heterocycles. The molecular formula is C19H31N3O. The lowest BCUT2D eigenvalue weighted by Crippen LogP contribution is -2.29. The molecule has 0 saturated carbocycles. The average Bonchev–Trinajstić information content (AvgIpc) is 2.56. The van der Waals surface area contributed by atoms with E-state index in [1.807, 2.05) is 12.1 Å². The summed E-state index contributed by atoms with van der Waals surface area (Å²) in [7, 11) is 0. The van der Waals surface area contributed by atoms with Crippen LogP contribution in [0.1, 0.15) is 46.0 Å². The highest BCUT2D eigenvalue weighted by molar-refractivity contribution is 5.91. The van der Waals surface area contributed by atoms with Crippen molar-refractivity contribution >= 4 is 17.3 Å². The van der Waals surface area contributed by atoms with Crippen LogP contribution in [0.4, 0.5) is 11.4 Å². The van der Waals surface area contributed by atoms with Gasteiger partial charge in [-0.15, -0.1) is 0 Å². The third-order valence-electron chi connectivity index (χ3n) is 4.30. The van der Waals surface area contributed by atoms with Gasteiger partial charge in [-0.2, -0.15) is 0 Å². The molecule has 1 aromatic rings. The molecule has 23 heavy (non-hydrogen) atoms. The predicted molar refractivity (Wildman–Crippen MR) is 98.1 cm³/mol. The molecular weight excluding hydrogens is 286 g/mol. The first-order valence-electron chi connectivity index (χ1n) is 9.01. The van der Waals surface area contributed by atoms with Crippen LogP contribution < -0.4 is 15.5 Å². The van der Waals surface area contributed by atoms with E-state index >= 15 is 0 Å². The van der Waals surface area contributed by atoms with Gasteiger partial charge in [0.25, 0.3) is 0 Å². The zero-order valence-electron chi connectivity index (χ0n) is 14.6. The molecule has 1 saturated heterocycles. The minimum absolute atomic E-state index is 0.0766. The quantitative estimate of drug-likeness (QED) is 0.720. The second-order valence-corrected chi connectivity index (χ2v) is 6.83. The number of carbonyl (C=O) groups excluding carboxylic acids is 1. The number of carbonyl (C=O) groups is 1. The van der Waals surface area contributed by atoms with Crippen LogP contribution in [-0.4, -0.2) is 32.1 Å². The largest absolute Gasteiger partial charge is 0.372 e. The number of hydrogen-bond acceptors (Lipinski definition) is 3. The Morgan fingerprint density at radius 3 is 2.43 bits per heavy atom. The fraction of sp³-hybridized carbons (Fsp3) is 0.632. The highest BCUT2D eigenvalue weighted by atomic mass is 16.1. The summed E-state index contributed by atoms with van der Waals surface area (Å²) in [6.07, 6.45) is 5.58. The molecule has 1 aliphatic heterocycles. The number of nitrogens with zero attached hydrogens (tertiary/aromatic N) is 1. The van der Waals surface area contributed by atoms with Gasteiger partial charge in [0, 0.05) is 37.4 Å². The highest BCUT2D eigenvalue weighted by Gasteiger charge is 2.10. The molecule has 0 aliphatic carbocycles. The van der Waals surface area contributed by atoms with Crippen molar-refractivity contribution in [3.8, 4) is 0 Å². The molecule has 4 nitrogen and oxygen atoms in total. The third-order valence-corrected chi connectivity index (χ3v) is 4.30. The minimum atomic E-state index is 0.0766. The number of benzene rings is 1. The summed E-state index contributed by atoms with van der Waals surface area (Å²) >= 11 is 0. The molecule has 1 fully saturated rings. The third kappa shape index (κ3) is 6.61. The van der Waals surface area contributed by atoms with E-state index in [0.717, 1.165) is 38.3 Å². The lowest BCUT2D eigenvalue weighted by Gasteiger charge is -2.28. The van der Waals surface area contributed by atoms with Crippen molar-refractivity contribution in [3.05, 3.63) is 24.3 Å². The van der Waals surface area contributed by atoms with Crippen molar-refractivity contribution in [3.63, 3.8) is 0 Å². The maximum Gasteiger partial charge on any atom is 0.225 e. The first-order chi connectivity index (χ1) is 11.1. The van der Waals surface area contributed by atoms with Gasteiger partial charge in [-0.25, -0.2) is 0 Å². The molecule has 1 aliphatic rings. The Morgan fingerprint density at radius 1 is 1.09 bits per heavy atom. The molecule has 0 unspecified atom stereocenters. The zero-order chi connectivity index (χ0) is 16.5. The molecule has 0 atom stereocenters. The molecule has 0 bridgehead atoms. The number of nitrogens with one attached hydrogen (secondary N) is 2. The summed E-state index contributed by atoms with van der Waals surface area (Å²) in [5, 5.41) is 6.29. The topological polar surface area (TPSA) is 44.4 Å². The summed E-state index contributed by atoms with van der Waals surface area (Å²) in [6.45, 7) is 8.44. The van der Waals surface area contributed by atoms with Crippen molar-refractivity contribution in [2.24, 2.45) is 5.92 Å². The standard InChI is InChI=1S/C19H31N3O/c1-16(2)10-12-20-13-11-19(23)21-17-6-8-18(9-7-17)22-14-4-3-5-15-22/h6-9,16,20H,3-5,10-15H2,1-2H3,(H,21,23). The Kier molecular flexibility index (Phi) is 7.40. The maximum atomic E-state index is 11.9. The summed E-state index contributed by atoms with van der Waals surface area (Å²) in [5.74, 6) is 0.780. The van der Waals surface area contributed by atoms with E-state index in [1.54, 1.807) is 0 Å². The molecule has 128 valence electrons. The fourth-order valence-electron chi connectivity index (χ4n) is 2.85. The van der Waals surface area contributed by atoms with Crippen LogP contribution in [-0.2, 0) is 4.79 Å². The zero-order valence-corrected chi connectivity index (χ0v) is 14.6. The molecule has 2 N–H and O–H groups in total. The molecule has 1 heterocycles. The van der Waals surface area contributed by atoms with Gasteiger partial charge < -0.3 is 15.5 Å². The average molecular weight is 317 g/mol. The summed E-state index contributed by atoms with van der Waals surface area (Å²) in [5.41, 5.74) is 2.15. The molecule has 4 heteroatoms. The number of rotatable bonds is 8. The van der Waals surface area contributed by atoms with Crippen LogP contribution >= 0.6 is 0 Å². The first-order valence-corrected chi connectivity index (χ1v) is 9.01. The highest BCUT2D eigenvalue weighted by Crippen LogP contribution is 2.21. The van der Waals surface area contributed by atoms with E-state index in [0.29, 0.717) is 12.3 Å². The Hall–Kier alpha value is -1.55. The molecule has 1 aromatic carbocycles. The van der Waals surface area contributed by atoms with Gasteiger partial charge in [0.15, 0.2) is 0 Å². The van der Waals surface area contributed by atoms with Crippen molar-refractivity contribution in [2.75, 3.05) is 36.4 Å². The van der Waals surface area contributed by atoms with E-state index < -0.39 is 0 Å². The Morgan fingerprint density at radius 2 is 1.78 bits per heavy atom. The van der Waals surface area contributed by atoms with Crippen LogP contribution in [0.25, 0.3) is 0 Å². The predicted octanol–water partition coefficient (Wildman–Crippen LogP) is 3.64. The monoisotopic (exact) mass is 317 g/mol. The molecule has 0 radical (unpaired) electrons. The lowest BCUT2D eigenvalue weighted by atomic mass is 10.1. The fourth-order valence-corrected chi connectivity index (χ4v) is 2.85. The van der Waals surface area contributed by atoms with Gasteiger partial charge >= 0.3 is 0 Å². The van der Waals surface area contributed by atoms with E-state index in [-0.39, 0.29) is 5.91 Å². The number of anilines is 2. The van der Waals surface area contributed by atoms with Gasteiger partial charge in [-0.1, -0.05) is 13.8 Å². The maximum absolute atomic E-state index is 11.9.